The van der Waals surface area contributed by atoms with Gasteiger partial charge in [0.15, 0.2) is 11.8 Å². The summed E-state index contributed by atoms with van der Waals surface area (Å²) in [5, 5.41) is 7.73. The standard InChI is InChI=1S/C23H25N3O4/c1-4-14-26-22(28)19-9-7-6-8-18(19)20(25-26)23(29)30-15(3)21(27)24-17-12-10-16(5-2)11-13-17/h6-13,15H,4-5,14H2,1-3H3,(H,24,27). The second-order valence-electron chi connectivity index (χ2n) is 7.01. The van der Waals surface area contributed by atoms with Crippen LogP contribution in [0.2, 0.25) is 0 Å². The number of hydrogen-bond acceptors (Lipinski definition) is 5. The van der Waals surface area contributed by atoms with Crippen LogP contribution in [0.25, 0.3) is 10.8 Å². The van der Waals surface area contributed by atoms with Crippen LogP contribution in [0.3, 0.4) is 0 Å². The summed E-state index contributed by atoms with van der Waals surface area (Å²) in [5.74, 6) is -1.20. The van der Waals surface area contributed by atoms with Crippen LogP contribution in [0.5, 0.6) is 0 Å². The Morgan fingerprint density at radius 3 is 2.37 bits per heavy atom. The van der Waals surface area contributed by atoms with Gasteiger partial charge in [0.25, 0.3) is 11.5 Å². The quantitative estimate of drug-likeness (QED) is 0.605. The van der Waals surface area contributed by atoms with E-state index >= 15 is 0 Å². The van der Waals surface area contributed by atoms with E-state index in [4.69, 9.17) is 4.74 Å². The number of aryl methyl sites for hydroxylation is 2. The molecule has 2 aromatic carbocycles. The van der Waals surface area contributed by atoms with Crippen molar-refractivity contribution in [3.8, 4) is 0 Å². The lowest BCUT2D eigenvalue weighted by atomic mass is 10.1. The molecule has 1 unspecified atom stereocenters. The summed E-state index contributed by atoms with van der Waals surface area (Å²) < 4.78 is 6.63. The molecule has 0 aliphatic carbocycles. The van der Waals surface area contributed by atoms with Crippen molar-refractivity contribution in [1.29, 1.82) is 0 Å². The van der Waals surface area contributed by atoms with Crippen LogP contribution in [-0.4, -0.2) is 27.8 Å². The van der Waals surface area contributed by atoms with Crippen molar-refractivity contribution >= 4 is 28.3 Å². The van der Waals surface area contributed by atoms with E-state index in [0.29, 0.717) is 29.4 Å². The van der Waals surface area contributed by atoms with Crippen molar-refractivity contribution in [2.24, 2.45) is 0 Å². The van der Waals surface area contributed by atoms with Crippen molar-refractivity contribution in [3.63, 3.8) is 0 Å². The summed E-state index contributed by atoms with van der Waals surface area (Å²) in [6.45, 7) is 5.85. The van der Waals surface area contributed by atoms with E-state index in [1.165, 1.54) is 11.6 Å². The zero-order valence-corrected chi connectivity index (χ0v) is 17.3. The molecule has 0 spiro atoms. The van der Waals surface area contributed by atoms with Crippen LogP contribution >= 0.6 is 0 Å². The minimum atomic E-state index is -1.03. The number of fused-ring (bicyclic) bond motifs is 1. The van der Waals surface area contributed by atoms with Crippen molar-refractivity contribution < 1.29 is 14.3 Å². The van der Waals surface area contributed by atoms with E-state index in [0.717, 1.165) is 12.0 Å². The molecule has 3 aromatic rings. The molecule has 0 saturated carbocycles. The summed E-state index contributed by atoms with van der Waals surface area (Å²) in [6.07, 6.45) is 0.564. The van der Waals surface area contributed by atoms with Gasteiger partial charge in [-0.25, -0.2) is 9.48 Å². The molecule has 7 nitrogen and oxygen atoms in total. The minimum Gasteiger partial charge on any atom is -0.448 e. The third-order valence-electron chi connectivity index (χ3n) is 4.78. The average Bonchev–Trinajstić information content (AvgIpc) is 2.76. The van der Waals surface area contributed by atoms with Crippen LogP contribution in [0.4, 0.5) is 5.69 Å². The van der Waals surface area contributed by atoms with E-state index in [1.54, 1.807) is 36.4 Å². The zero-order chi connectivity index (χ0) is 21.7. The fourth-order valence-corrected chi connectivity index (χ4v) is 3.09. The second kappa shape index (κ2) is 9.35. The summed E-state index contributed by atoms with van der Waals surface area (Å²) in [6, 6.07) is 14.2. The molecule has 30 heavy (non-hydrogen) atoms. The number of amides is 1. The maximum Gasteiger partial charge on any atom is 0.360 e. The predicted molar refractivity (Wildman–Crippen MR) is 116 cm³/mol. The van der Waals surface area contributed by atoms with Gasteiger partial charge in [-0.3, -0.25) is 9.59 Å². The number of esters is 1. The highest BCUT2D eigenvalue weighted by molar-refractivity contribution is 6.03. The molecule has 7 heteroatoms. The smallest absolute Gasteiger partial charge is 0.360 e. The van der Waals surface area contributed by atoms with Crippen molar-refractivity contribution in [2.75, 3.05) is 5.32 Å². The summed E-state index contributed by atoms with van der Waals surface area (Å²) in [5.41, 5.74) is 1.55. The Labute approximate surface area is 174 Å². The fraction of sp³-hybridized carbons (Fsp3) is 0.304. The number of anilines is 1. The molecule has 1 N–H and O–H groups in total. The van der Waals surface area contributed by atoms with Crippen LogP contribution in [0, 0.1) is 0 Å². The first-order chi connectivity index (χ1) is 14.4. The number of nitrogens with one attached hydrogen (secondary N) is 1. The zero-order valence-electron chi connectivity index (χ0n) is 17.3. The second-order valence-corrected chi connectivity index (χ2v) is 7.01. The van der Waals surface area contributed by atoms with Gasteiger partial charge in [-0.2, -0.15) is 5.10 Å². The number of hydrogen-bond donors (Lipinski definition) is 1. The lowest BCUT2D eigenvalue weighted by Crippen LogP contribution is -2.32. The first-order valence-corrected chi connectivity index (χ1v) is 10.0. The molecule has 0 aliphatic rings. The topological polar surface area (TPSA) is 90.3 Å². The Balaban J connectivity index is 1.80. The number of benzene rings is 2. The van der Waals surface area contributed by atoms with Crippen LogP contribution in [0.1, 0.15) is 43.2 Å². The summed E-state index contributed by atoms with van der Waals surface area (Å²) in [4.78, 5) is 37.8. The first kappa shape index (κ1) is 21.2. The Kier molecular flexibility index (Phi) is 6.61. The van der Waals surface area contributed by atoms with Crippen molar-refractivity contribution in [3.05, 3.63) is 70.1 Å². The molecule has 1 amide bonds. The molecular formula is C23H25N3O4. The number of carbonyl (C=O) groups is 2. The Hall–Kier alpha value is -3.48. The van der Waals surface area contributed by atoms with Gasteiger partial charge >= 0.3 is 5.97 Å². The van der Waals surface area contributed by atoms with Gasteiger partial charge in [-0.15, -0.1) is 0 Å². The number of nitrogens with zero attached hydrogens (tertiary/aromatic N) is 2. The van der Waals surface area contributed by atoms with Gasteiger partial charge in [0, 0.05) is 17.6 Å². The molecule has 0 aliphatic heterocycles. The molecule has 1 aromatic heterocycles. The number of aromatic nitrogens is 2. The summed E-state index contributed by atoms with van der Waals surface area (Å²) in [7, 11) is 0. The molecular weight excluding hydrogens is 382 g/mol. The first-order valence-electron chi connectivity index (χ1n) is 10.0. The molecule has 0 radical (unpaired) electrons. The van der Waals surface area contributed by atoms with Crippen molar-refractivity contribution in [1.82, 2.24) is 9.78 Å². The van der Waals surface area contributed by atoms with Crippen LogP contribution in [-0.2, 0) is 22.5 Å². The van der Waals surface area contributed by atoms with Gasteiger partial charge in [0.2, 0.25) is 0 Å². The number of rotatable bonds is 7. The van der Waals surface area contributed by atoms with Gasteiger partial charge in [0.1, 0.15) is 0 Å². The molecule has 3 rings (SSSR count). The molecule has 0 bridgehead atoms. The number of ether oxygens (including phenoxy) is 1. The highest BCUT2D eigenvalue weighted by Crippen LogP contribution is 2.16. The Bertz CT molecular complexity index is 1120. The van der Waals surface area contributed by atoms with E-state index < -0.39 is 18.0 Å². The maximum absolute atomic E-state index is 12.8. The lowest BCUT2D eigenvalue weighted by Gasteiger charge is -2.15. The van der Waals surface area contributed by atoms with Gasteiger partial charge in [-0.1, -0.05) is 44.2 Å². The normalized spacial score (nSPS) is 11.8. The monoisotopic (exact) mass is 407 g/mol. The average molecular weight is 407 g/mol. The Morgan fingerprint density at radius 1 is 1.07 bits per heavy atom. The Morgan fingerprint density at radius 2 is 1.73 bits per heavy atom. The predicted octanol–water partition coefficient (Wildman–Crippen LogP) is 3.55. The molecule has 1 heterocycles. The lowest BCUT2D eigenvalue weighted by molar-refractivity contribution is -0.123. The largest absolute Gasteiger partial charge is 0.448 e. The maximum atomic E-state index is 12.8. The molecule has 156 valence electrons. The van der Waals surface area contributed by atoms with Gasteiger partial charge < -0.3 is 10.1 Å². The third kappa shape index (κ3) is 4.56. The molecule has 0 fully saturated rings. The van der Waals surface area contributed by atoms with Gasteiger partial charge in [0.05, 0.1) is 5.39 Å². The van der Waals surface area contributed by atoms with Crippen LogP contribution in [0.15, 0.2) is 53.3 Å². The van der Waals surface area contributed by atoms with E-state index in [-0.39, 0.29) is 11.3 Å². The number of carbonyl (C=O) groups excluding carboxylic acids is 2. The van der Waals surface area contributed by atoms with E-state index in [1.807, 2.05) is 19.1 Å². The summed E-state index contributed by atoms with van der Waals surface area (Å²) >= 11 is 0. The highest BCUT2D eigenvalue weighted by atomic mass is 16.5. The van der Waals surface area contributed by atoms with E-state index in [9.17, 15) is 14.4 Å². The molecule has 1 atom stereocenters. The van der Waals surface area contributed by atoms with E-state index in [2.05, 4.69) is 17.3 Å². The van der Waals surface area contributed by atoms with Crippen LogP contribution < -0.4 is 10.9 Å². The SMILES string of the molecule is CCCn1nc(C(=O)OC(C)C(=O)Nc2ccc(CC)cc2)c2ccccc2c1=O. The minimum absolute atomic E-state index is 0.0191. The highest BCUT2D eigenvalue weighted by Gasteiger charge is 2.23. The third-order valence-corrected chi connectivity index (χ3v) is 4.78. The fourth-order valence-electron chi connectivity index (χ4n) is 3.09. The molecule has 0 saturated heterocycles. The van der Waals surface area contributed by atoms with Crippen molar-refractivity contribution in [2.45, 2.75) is 46.3 Å². The van der Waals surface area contributed by atoms with Gasteiger partial charge in [-0.05, 0) is 43.5 Å².